The number of amides is 1. The first-order chi connectivity index (χ1) is 8.56. The van der Waals surface area contributed by atoms with Crippen LogP contribution in [0.1, 0.15) is 6.92 Å². The van der Waals surface area contributed by atoms with Crippen molar-refractivity contribution >= 4 is 23.1 Å². The normalized spacial score (nSPS) is 10.1. The van der Waals surface area contributed by atoms with Gasteiger partial charge in [0.2, 0.25) is 5.91 Å². The van der Waals surface area contributed by atoms with Crippen molar-refractivity contribution in [2.75, 3.05) is 16.8 Å². The molecular formula is C12H13N5O. The lowest BCUT2D eigenvalue weighted by molar-refractivity contribution is -0.114. The number of rotatable bonds is 2. The molecule has 1 amide bonds. The van der Waals surface area contributed by atoms with Crippen molar-refractivity contribution in [3.63, 3.8) is 0 Å². The molecule has 0 saturated heterocycles. The fourth-order valence-corrected chi connectivity index (χ4v) is 1.50. The van der Waals surface area contributed by atoms with Gasteiger partial charge >= 0.3 is 0 Å². The van der Waals surface area contributed by atoms with Gasteiger partial charge in [0, 0.05) is 30.4 Å². The van der Waals surface area contributed by atoms with Crippen molar-refractivity contribution in [1.82, 2.24) is 9.97 Å². The number of aromatic nitrogens is 2. The zero-order valence-electron chi connectivity index (χ0n) is 9.84. The predicted molar refractivity (Wildman–Crippen MR) is 70.6 cm³/mol. The number of carbonyl (C=O) groups excluding carboxylic acids is 1. The van der Waals surface area contributed by atoms with Crippen LogP contribution in [0.25, 0.3) is 11.3 Å². The van der Waals surface area contributed by atoms with E-state index in [2.05, 4.69) is 15.3 Å². The predicted octanol–water partition coefficient (Wildman–Crippen LogP) is 1.27. The Kier molecular flexibility index (Phi) is 3.09. The van der Waals surface area contributed by atoms with E-state index in [0.717, 1.165) is 0 Å². The molecular weight excluding hydrogens is 230 g/mol. The molecule has 0 aliphatic heterocycles. The van der Waals surface area contributed by atoms with Crippen LogP contribution in [-0.4, -0.2) is 15.9 Å². The minimum atomic E-state index is -0.194. The molecule has 0 aliphatic rings. The molecule has 0 saturated carbocycles. The average Bonchev–Trinajstić information content (AvgIpc) is 2.30. The Bertz CT molecular complexity index is 580. The van der Waals surface area contributed by atoms with E-state index in [9.17, 15) is 4.79 Å². The van der Waals surface area contributed by atoms with Gasteiger partial charge in [-0.15, -0.1) is 0 Å². The summed E-state index contributed by atoms with van der Waals surface area (Å²) in [6, 6.07) is 5.10. The van der Waals surface area contributed by atoms with E-state index in [1.165, 1.54) is 6.92 Å². The highest BCUT2D eigenvalue weighted by Gasteiger charge is 2.06. The molecule has 2 heterocycles. The van der Waals surface area contributed by atoms with Crippen molar-refractivity contribution in [3.8, 4) is 11.3 Å². The lowest BCUT2D eigenvalue weighted by Crippen LogP contribution is -2.08. The van der Waals surface area contributed by atoms with Crippen molar-refractivity contribution in [1.29, 1.82) is 0 Å². The Hall–Kier alpha value is -2.63. The van der Waals surface area contributed by atoms with Gasteiger partial charge in [-0.05, 0) is 12.1 Å². The quantitative estimate of drug-likeness (QED) is 0.736. The second kappa shape index (κ2) is 4.70. The summed E-state index contributed by atoms with van der Waals surface area (Å²) in [4.78, 5) is 19.2. The van der Waals surface area contributed by atoms with Crippen molar-refractivity contribution < 1.29 is 4.79 Å². The van der Waals surface area contributed by atoms with E-state index in [1.807, 2.05) is 0 Å². The Balaban J connectivity index is 2.35. The number of carbonyl (C=O) groups is 1. The van der Waals surface area contributed by atoms with E-state index in [1.54, 1.807) is 30.6 Å². The maximum absolute atomic E-state index is 10.9. The van der Waals surface area contributed by atoms with Gasteiger partial charge in [-0.2, -0.15) is 0 Å². The van der Waals surface area contributed by atoms with Crippen molar-refractivity contribution in [3.05, 3.63) is 30.6 Å². The van der Waals surface area contributed by atoms with E-state index in [0.29, 0.717) is 28.5 Å². The summed E-state index contributed by atoms with van der Waals surface area (Å²) in [5.74, 6) is 0.222. The standard InChI is InChI=1S/C12H13N5O/c1-7(18)17-12-4-10(14)9(6-16-12)11-3-2-8(13)5-15-11/h2-6H,13H2,1H3,(H3,14,16,17,18). The summed E-state index contributed by atoms with van der Waals surface area (Å²) in [5, 5.41) is 2.56. The number of nitrogen functional groups attached to an aromatic ring is 2. The molecule has 0 spiro atoms. The van der Waals surface area contributed by atoms with Crippen LogP contribution in [0.4, 0.5) is 17.2 Å². The summed E-state index contributed by atoms with van der Waals surface area (Å²) in [6.07, 6.45) is 3.12. The maximum atomic E-state index is 10.9. The second-order valence-corrected chi connectivity index (χ2v) is 3.81. The molecule has 6 heteroatoms. The molecule has 0 radical (unpaired) electrons. The van der Waals surface area contributed by atoms with Crippen LogP contribution >= 0.6 is 0 Å². The van der Waals surface area contributed by atoms with E-state index >= 15 is 0 Å². The Morgan fingerprint density at radius 3 is 2.56 bits per heavy atom. The van der Waals surface area contributed by atoms with E-state index in [4.69, 9.17) is 11.5 Å². The number of pyridine rings is 2. The molecule has 6 nitrogen and oxygen atoms in total. The van der Waals surface area contributed by atoms with Crippen LogP contribution in [0, 0.1) is 0 Å². The molecule has 0 fully saturated rings. The number of hydrogen-bond donors (Lipinski definition) is 3. The molecule has 0 aromatic carbocycles. The molecule has 2 aromatic heterocycles. The summed E-state index contributed by atoms with van der Waals surface area (Å²) >= 11 is 0. The third-order valence-electron chi connectivity index (χ3n) is 2.30. The lowest BCUT2D eigenvalue weighted by Gasteiger charge is -2.07. The smallest absolute Gasteiger partial charge is 0.222 e. The second-order valence-electron chi connectivity index (χ2n) is 3.81. The molecule has 92 valence electrons. The summed E-state index contributed by atoms with van der Waals surface area (Å²) < 4.78 is 0. The number of nitrogens with two attached hydrogens (primary N) is 2. The van der Waals surface area contributed by atoms with Crippen LogP contribution in [0.3, 0.4) is 0 Å². The Morgan fingerprint density at radius 1 is 1.22 bits per heavy atom. The number of nitrogens with one attached hydrogen (secondary N) is 1. The molecule has 0 atom stereocenters. The molecule has 0 aliphatic carbocycles. The van der Waals surface area contributed by atoms with Crippen molar-refractivity contribution in [2.45, 2.75) is 6.92 Å². The topological polar surface area (TPSA) is 107 Å². The SMILES string of the molecule is CC(=O)Nc1cc(N)c(-c2ccc(N)cn2)cn1. The Morgan fingerprint density at radius 2 is 2.00 bits per heavy atom. The van der Waals surface area contributed by atoms with Crippen LogP contribution in [-0.2, 0) is 4.79 Å². The largest absolute Gasteiger partial charge is 0.398 e. The van der Waals surface area contributed by atoms with Crippen molar-refractivity contribution in [2.24, 2.45) is 0 Å². The van der Waals surface area contributed by atoms with E-state index < -0.39 is 0 Å². The Labute approximate surface area is 104 Å². The molecule has 0 unspecified atom stereocenters. The zero-order valence-corrected chi connectivity index (χ0v) is 9.84. The fourth-order valence-electron chi connectivity index (χ4n) is 1.50. The number of hydrogen-bond acceptors (Lipinski definition) is 5. The van der Waals surface area contributed by atoms with Gasteiger partial charge < -0.3 is 16.8 Å². The summed E-state index contributed by atoms with van der Waals surface area (Å²) in [7, 11) is 0. The van der Waals surface area contributed by atoms with Gasteiger partial charge in [-0.1, -0.05) is 0 Å². The van der Waals surface area contributed by atoms with Gasteiger partial charge in [0.05, 0.1) is 17.6 Å². The minimum absolute atomic E-state index is 0.194. The molecule has 2 rings (SSSR count). The monoisotopic (exact) mass is 243 g/mol. The third kappa shape index (κ3) is 2.54. The first kappa shape index (κ1) is 11.8. The summed E-state index contributed by atoms with van der Waals surface area (Å²) in [5.41, 5.74) is 13.9. The van der Waals surface area contributed by atoms with Crippen LogP contribution in [0.2, 0.25) is 0 Å². The molecule has 2 aromatic rings. The van der Waals surface area contributed by atoms with Crippen LogP contribution in [0.15, 0.2) is 30.6 Å². The maximum Gasteiger partial charge on any atom is 0.222 e. The first-order valence-corrected chi connectivity index (χ1v) is 5.31. The average molecular weight is 243 g/mol. The molecule has 0 bridgehead atoms. The highest BCUT2D eigenvalue weighted by Crippen LogP contribution is 2.25. The molecule has 5 N–H and O–H groups in total. The minimum Gasteiger partial charge on any atom is -0.398 e. The van der Waals surface area contributed by atoms with E-state index in [-0.39, 0.29) is 5.91 Å². The van der Waals surface area contributed by atoms with Crippen LogP contribution in [0.5, 0.6) is 0 Å². The van der Waals surface area contributed by atoms with Crippen LogP contribution < -0.4 is 16.8 Å². The van der Waals surface area contributed by atoms with Gasteiger partial charge in [0.15, 0.2) is 0 Å². The van der Waals surface area contributed by atoms with Gasteiger partial charge in [0.1, 0.15) is 5.82 Å². The number of anilines is 3. The van der Waals surface area contributed by atoms with Gasteiger partial charge in [0.25, 0.3) is 0 Å². The fraction of sp³-hybridized carbons (Fsp3) is 0.0833. The summed E-state index contributed by atoms with van der Waals surface area (Å²) in [6.45, 7) is 1.41. The highest BCUT2D eigenvalue weighted by molar-refractivity contribution is 5.89. The van der Waals surface area contributed by atoms with Gasteiger partial charge in [-0.3, -0.25) is 9.78 Å². The van der Waals surface area contributed by atoms with Gasteiger partial charge in [-0.25, -0.2) is 4.98 Å². The lowest BCUT2D eigenvalue weighted by atomic mass is 10.1. The zero-order chi connectivity index (χ0) is 13.1. The third-order valence-corrected chi connectivity index (χ3v) is 2.30. The number of nitrogens with zero attached hydrogens (tertiary/aromatic N) is 2. The first-order valence-electron chi connectivity index (χ1n) is 5.31. The highest BCUT2D eigenvalue weighted by atomic mass is 16.1. The molecule has 18 heavy (non-hydrogen) atoms.